The van der Waals surface area contributed by atoms with Gasteiger partial charge in [-0.05, 0) is 233 Å². The number of ether oxygens (including phenoxy) is 2. The molecule has 12 rings (SSSR count). The van der Waals surface area contributed by atoms with Crippen molar-refractivity contribution in [2.45, 2.75) is 176 Å². The van der Waals surface area contributed by atoms with Gasteiger partial charge in [0.15, 0.2) is 0 Å². The molecular formula is C76H86O3S3. The molecule has 4 aliphatic carbocycles. The Morgan fingerprint density at radius 2 is 0.902 bits per heavy atom. The summed E-state index contributed by atoms with van der Waals surface area (Å²) in [6.07, 6.45) is 17.5. The van der Waals surface area contributed by atoms with Gasteiger partial charge in [0, 0.05) is 45.3 Å². The van der Waals surface area contributed by atoms with Crippen molar-refractivity contribution in [2.75, 3.05) is 13.2 Å². The number of esters is 1. The lowest BCUT2D eigenvalue weighted by atomic mass is 9.39. The Morgan fingerprint density at radius 3 is 1.41 bits per heavy atom. The number of fused-ring (bicyclic) bond motifs is 11. The molecule has 3 aromatic heterocycles. The molecule has 426 valence electrons. The molecule has 2 spiro atoms. The number of benzene rings is 5. The molecule has 2 fully saturated rings. The summed E-state index contributed by atoms with van der Waals surface area (Å²) in [6.45, 7) is 29.1. The summed E-state index contributed by atoms with van der Waals surface area (Å²) >= 11 is 5.87. The molecule has 0 radical (unpaired) electrons. The van der Waals surface area contributed by atoms with E-state index >= 15 is 0 Å². The van der Waals surface area contributed by atoms with Crippen molar-refractivity contribution in [1.82, 2.24) is 0 Å². The van der Waals surface area contributed by atoms with E-state index in [0.29, 0.717) is 18.8 Å². The second kappa shape index (κ2) is 21.8. The summed E-state index contributed by atoms with van der Waals surface area (Å²) in [4.78, 5) is 16.9. The quantitative estimate of drug-likeness (QED) is 0.0488. The van der Waals surface area contributed by atoms with Crippen LogP contribution in [0.25, 0.3) is 73.4 Å². The summed E-state index contributed by atoms with van der Waals surface area (Å²) in [6, 6.07) is 48.4. The van der Waals surface area contributed by atoms with Gasteiger partial charge in [0.25, 0.3) is 0 Å². The van der Waals surface area contributed by atoms with Crippen molar-refractivity contribution in [3.8, 4) is 69.8 Å². The highest BCUT2D eigenvalue weighted by molar-refractivity contribution is 7.31. The van der Waals surface area contributed by atoms with Crippen molar-refractivity contribution >= 4 is 49.4 Å². The molecule has 6 heteroatoms. The van der Waals surface area contributed by atoms with Gasteiger partial charge in [0.2, 0.25) is 0 Å². The van der Waals surface area contributed by atoms with Gasteiger partial charge in [-0.1, -0.05) is 154 Å². The molecule has 3 heterocycles. The van der Waals surface area contributed by atoms with Crippen LogP contribution in [-0.2, 0) is 20.4 Å². The van der Waals surface area contributed by atoms with E-state index in [1.807, 2.05) is 34.0 Å². The van der Waals surface area contributed by atoms with Gasteiger partial charge in [-0.15, -0.1) is 34.0 Å². The number of carbonyl (C=O) groups excluding carboxylic acids is 1. The Labute approximate surface area is 502 Å². The molecular weight excluding hydrogens is 1060 g/mol. The molecule has 0 bridgehead atoms. The second-order valence-electron chi connectivity index (χ2n) is 26.5. The van der Waals surface area contributed by atoms with Gasteiger partial charge >= 0.3 is 5.97 Å². The maximum atomic E-state index is 11.6. The Kier molecular flexibility index (Phi) is 15.2. The Hall–Kier alpha value is -5.53. The maximum Gasteiger partial charge on any atom is 0.333 e. The van der Waals surface area contributed by atoms with Crippen LogP contribution < -0.4 is 4.74 Å². The number of rotatable bonds is 18. The third-order valence-corrected chi connectivity index (χ3v) is 25.2. The fraction of sp³-hybridized carbons (Fsp3) is 0.434. The zero-order valence-electron chi connectivity index (χ0n) is 50.7. The molecule has 2 saturated carbocycles. The Morgan fingerprint density at radius 1 is 0.476 bits per heavy atom. The van der Waals surface area contributed by atoms with Crippen molar-refractivity contribution < 1.29 is 14.3 Å². The lowest BCUT2D eigenvalue weighted by Gasteiger charge is -2.64. The average molecular weight is 1140 g/mol. The van der Waals surface area contributed by atoms with Gasteiger partial charge in [-0.3, -0.25) is 0 Å². The number of thiophene rings is 3. The molecule has 82 heavy (non-hydrogen) atoms. The first-order valence-corrected chi connectivity index (χ1v) is 33.7. The normalized spacial score (nSPS) is 18.1. The van der Waals surface area contributed by atoms with E-state index in [2.05, 4.69) is 190 Å². The van der Waals surface area contributed by atoms with E-state index in [9.17, 15) is 4.79 Å². The molecule has 0 atom stereocenters. The van der Waals surface area contributed by atoms with E-state index < -0.39 is 0 Å². The first-order valence-electron chi connectivity index (χ1n) is 31.3. The molecule has 0 saturated heterocycles. The van der Waals surface area contributed by atoms with Gasteiger partial charge in [-0.2, -0.15) is 0 Å². The molecule has 4 aliphatic rings. The van der Waals surface area contributed by atoms with Crippen LogP contribution in [0.2, 0.25) is 0 Å². The molecule has 0 aliphatic heterocycles. The van der Waals surface area contributed by atoms with Crippen LogP contribution in [0.15, 0.2) is 133 Å². The lowest BCUT2D eigenvalue weighted by Crippen LogP contribution is -2.59. The van der Waals surface area contributed by atoms with E-state index in [1.165, 1.54) is 154 Å². The Bertz CT molecular complexity index is 3640. The fourth-order valence-electron chi connectivity index (χ4n) is 17.8. The average Bonchev–Trinajstić information content (AvgIpc) is 2.29. The minimum atomic E-state index is -0.298. The second-order valence-corrected chi connectivity index (χ2v) is 29.7. The minimum absolute atomic E-state index is 0.0123. The third-order valence-electron chi connectivity index (χ3n) is 21.6. The summed E-state index contributed by atoms with van der Waals surface area (Å²) in [5.41, 5.74) is 19.5. The number of unbranched alkanes of at least 4 members (excludes halogenated alkanes) is 4. The van der Waals surface area contributed by atoms with Crippen LogP contribution in [0, 0.1) is 28.6 Å². The summed E-state index contributed by atoms with van der Waals surface area (Å²) < 4.78 is 14.2. The lowest BCUT2D eigenvalue weighted by molar-refractivity contribution is -0.139. The number of hydrogen-bond donors (Lipinski definition) is 0. The number of aryl methyl sites for hydroxylation is 1. The zero-order chi connectivity index (χ0) is 57.4. The van der Waals surface area contributed by atoms with Crippen molar-refractivity contribution in [3.05, 3.63) is 161 Å². The van der Waals surface area contributed by atoms with E-state index in [0.717, 1.165) is 37.9 Å². The molecule has 3 nitrogen and oxygen atoms in total. The first kappa shape index (κ1) is 56.9. The van der Waals surface area contributed by atoms with Crippen LogP contribution >= 0.6 is 34.0 Å². The largest absolute Gasteiger partial charge is 0.494 e. The van der Waals surface area contributed by atoms with E-state index in [1.54, 1.807) is 18.1 Å². The van der Waals surface area contributed by atoms with Crippen LogP contribution in [0.5, 0.6) is 5.75 Å². The molecule has 5 aromatic carbocycles. The van der Waals surface area contributed by atoms with Crippen LogP contribution in [0.1, 0.15) is 186 Å². The van der Waals surface area contributed by atoms with Crippen LogP contribution in [-0.4, -0.2) is 19.2 Å². The summed E-state index contributed by atoms with van der Waals surface area (Å²) in [5.74, 6) is 0.614. The monoisotopic (exact) mass is 1140 g/mol. The first-order chi connectivity index (χ1) is 39.5. The minimum Gasteiger partial charge on any atom is -0.494 e. The van der Waals surface area contributed by atoms with Crippen molar-refractivity contribution in [2.24, 2.45) is 21.7 Å². The highest BCUT2D eigenvalue weighted by Crippen LogP contribution is 2.74. The molecule has 0 N–H and O–H groups in total. The van der Waals surface area contributed by atoms with E-state index in [4.69, 9.17) is 9.47 Å². The van der Waals surface area contributed by atoms with E-state index in [-0.39, 0.29) is 38.5 Å². The van der Waals surface area contributed by atoms with Crippen LogP contribution in [0.3, 0.4) is 0 Å². The van der Waals surface area contributed by atoms with Crippen molar-refractivity contribution in [3.63, 3.8) is 0 Å². The maximum absolute atomic E-state index is 11.6. The zero-order valence-corrected chi connectivity index (χ0v) is 53.2. The van der Waals surface area contributed by atoms with Crippen molar-refractivity contribution in [1.29, 1.82) is 0 Å². The van der Waals surface area contributed by atoms with Gasteiger partial charge in [0.05, 0.1) is 13.2 Å². The number of hydrogen-bond acceptors (Lipinski definition) is 6. The third kappa shape index (κ3) is 8.82. The predicted octanol–water partition coefficient (Wildman–Crippen LogP) is 23.0. The summed E-state index contributed by atoms with van der Waals surface area (Å²) in [7, 11) is 0. The smallest absolute Gasteiger partial charge is 0.333 e. The predicted molar refractivity (Wildman–Crippen MR) is 352 cm³/mol. The highest BCUT2D eigenvalue weighted by atomic mass is 32.1. The van der Waals surface area contributed by atoms with Gasteiger partial charge in [0.1, 0.15) is 5.75 Å². The standard InChI is InChI=1S/C76H86O3S3/c1-12-73(13-2)39-22-40-74(14-3,15-4)76(73)60-43-50(7)23-31-56(60)59-34-28-54(46-63(59)76)67-48-69-68(82-67)47-66(81-69)53-27-33-58-57-32-26-52(44-61(57)75(62(58)45-53)71(8,9)37-21-38-72(75,10)11)65-36-35-64(80-65)51-24-29-55(30-25-51)78-41-19-17-16-18-20-42-79-70(77)49(5)6/h23-36,43-48H,5,12-22,37-42H2,1-4,6-11H3. The molecule has 0 amide bonds. The highest BCUT2D eigenvalue weighted by Gasteiger charge is 2.67. The number of carbonyl (C=O) groups is 1. The van der Waals surface area contributed by atoms with Crippen LogP contribution in [0.4, 0.5) is 0 Å². The van der Waals surface area contributed by atoms with Gasteiger partial charge in [-0.25, -0.2) is 4.79 Å². The molecule has 8 aromatic rings. The summed E-state index contributed by atoms with van der Waals surface area (Å²) in [5, 5.41) is 0. The topological polar surface area (TPSA) is 35.5 Å². The Balaban J connectivity index is 0.815. The SMILES string of the molecule is C=C(C)C(=O)OCCCCCCCOc1ccc(-c2ccc(-c3ccc4c(c3)C3(c5cc(-c6cc7sc(-c8ccc9c(c8)C8(c%10cc(C)ccc%10-9)C(CC)(CC)CCCC8(CC)CC)cc7s6)ccc5-4)C(C)(C)CCCC3(C)C)s2)cc1. The molecule has 0 unspecified atom stereocenters. The fourth-order valence-corrected chi connectivity index (χ4v) is 21.1. The van der Waals surface area contributed by atoms with Gasteiger partial charge < -0.3 is 9.47 Å².